The van der Waals surface area contributed by atoms with E-state index in [0.717, 1.165) is 11.3 Å². The third-order valence-corrected chi connectivity index (χ3v) is 3.25. The third kappa shape index (κ3) is 5.54. The monoisotopic (exact) mass is 314 g/mol. The summed E-state index contributed by atoms with van der Waals surface area (Å²) in [6, 6.07) is 16.7. The van der Waals surface area contributed by atoms with Crippen LogP contribution >= 0.6 is 0 Å². The van der Waals surface area contributed by atoms with E-state index in [1.807, 2.05) is 56.3 Å². The van der Waals surface area contributed by atoms with Crippen molar-refractivity contribution in [3.63, 3.8) is 0 Å². The maximum absolute atomic E-state index is 11.8. The second kappa shape index (κ2) is 8.68. The molecule has 0 spiro atoms. The van der Waals surface area contributed by atoms with Crippen molar-refractivity contribution in [2.45, 2.75) is 19.9 Å². The van der Waals surface area contributed by atoms with Crippen LogP contribution in [-0.2, 0) is 0 Å². The fourth-order valence-electron chi connectivity index (χ4n) is 2.06. The number of nitrogens with one attached hydrogen (secondary N) is 2. The van der Waals surface area contributed by atoms with E-state index in [-0.39, 0.29) is 18.8 Å². The highest BCUT2D eigenvalue weighted by Gasteiger charge is 2.08. The topological polar surface area (TPSA) is 59.6 Å². The highest BCUT2D eigenvalue weighted by Crippen LogP contribution is 2.17. The van der Waals surface area contributed by atoms with Gasteiger partial charge in [-0.3, -0.25) is 0 Å². The second-order valence-corrected chi connectivity index (χ2v) is 4.98. The van der Waals surface area contributed by atoms with Gasteiger partial charge in [-0.1, -0.05) is 30.3 Å². The van der Waals surface area contributed by atoms with Gasteiger partial charge in [-0.25, -0.2) is 4.79 Å². The van der Waals surface area contributed by atoms with Crippen molar-refractivity contribution in [1.82, 2.24) is 10.6 Å². The minimum atomic E-state index is -0.271. The van der Waals surface area contributed by atoms with Crippen LogP contribution in [0.15, 0.2) is 54.6 Å². The van der Waals surface area contributed by atoms with E-state index in [1.165, 1.54) is 0 Å². The molecule has 0 heterocycles. The molecule has 0 saturated heterocycles. The van der Waals surface area contributed by atoms with Gasteiger partial charge in [-0.2, -0.15) is 0 Å². The van der Waals surface area contributed by atoms with Crippen LogP contribution in [0.3, 0.4) is 0 Å². The van der Waals surface area contributed by atoms with Crippen molar-refractivity contribution in [3.05, 3.63) is 60.2 Å². The van der Waals surface area contributed by atoms with Crippen molar-refractivity contribution < 1.29 is 14.3 Å². The standard InChI is InChI=1S/C18H22N2O3/c1-3-22-16-9-11-17(12-10-16)23-13-19-18(21)20-14(2)15-7-5-4-6-8-15/h4-12,14H,3,13H2,1-2H3,(H2,19,20,21). The van der Waals surface area contributed by atoms with Crippen LogP contribution in [0.5, 0.6) is 11.5 Å². The Hall–Kier alpha value is -2.69. The van der Waals surface area contributed by atoms with Crippen LogP contribution < -0.4 is 20.1 Å². The van der Waals surface area contributed by atoms with Gasteiger partial charge in [0.2, 0.25) is 0 Å². The average Bonchev–Trinajstić information content (AvgIpc) is 2.57. The van der Waals surface area contributed by atoms with Gasteiger partial charge >= 0.3 is 6.03 Å². The summed E-state index contributed by atoms with van der Waals surface area (Å²) in [7, 11) is 0. The Balaban J connectivity index is 1.72. The number of carbonyl (C=O) groups excluding carboxylic acids is 1. The van der Waals surface area contributed by atoms with Crippen LogP contribution in [0.1, 0.15) is 25.5 Å². The summed E-state index contributed by atoms with van der Waals surface area (Å²) in [5.41, 5.74) is 1.05. The number of benzene rings is 2. The highest BCUT2D eigenvalue weighted by atomic mass is 16.5. The van der Waals surface area contributed by atoms with Crippen LogP contribution in [-0.4, -0.2) is 19.4 Å². The fourth-order valence-corrected chi connectivity index (χ4v) is 2.06. The maximum Gasteiger partial charge on any atom is 0.317 e. The van der Waals surface area contributed by atoms with Crippen molar-refractivity contribution in [2.24, 2.45) is 0 Å². The minimum Gasteiger partial charge on any atom is -0.494 e. The van der Waals surface area contributed by atoms with Gasteiger partial charge in [-0.15, -0.1) is 0 Å². The number of urea groups is 1. The molecule has 0 aromatic heterocycles. The molecule has 0 radical (unpaired) electrons. The first-order chi connectivity index (χ1) is 11.2. The van der Waals surface area contributed by atoms with Crippen molar-refractivity contribution in [1.29, 1.82) is 0 Å². The van der Waals surface area contributed by atoms with Crippen molar-refractivity contribution in [3.8, 4) is 11.5 Å². The van der Waals surface area contributed by atoms with Gasteiger partial charge in [0, 0.05) is 0 Å². The first-order valence-electron chi connectivity index (χ1n) is 7.64. The molecule has 2 rings (SSSR count). The van der Waals surface area contributed by atoms with E-state index in [1.54, 1.807) is 12.1 Å². The van der Waals surface area contributed by atoms with Gasteiger partial charge in [0.15, 0.2) is 6.73 Å². The normalized spacial score (nSPS) is 11.4. The van der Waals surface area contributed by atoms with E-state index in [2.05, 4.69) is 10.6 Å². The molecule has 0 aliphatic carbocycles. The average molecular weight is 314 g/mol. The number of amides is 2. The van der Waals surface area contributed by atoms with Gasteiger partial charge in [0.05, 0.1) is 12.6 Å². The summed E-state index contributed by atoms with van der Waals surface area (Å²) in [5.74, 6) is 1.46. The Kier molecular flexibility index (Phi) is 6.29. The molecule has 2 amide bonds. The summed E-state index contributed by atoms with van der Waals surface area (Å²) in [5, 5.41) is 5.53. The molecule has 1 unspecified atom stereocenters. The van der Waals surface area contributed by atoms with E-state index >= 15 is 0 Å². The van der Waals surface area contributed by atoms with Crippen molar-refractivity contribution in [2.75, 3.05) is 13.3 Å². The van der Waals surface area contributed by atoms with Gasteiger partial charge in [0.1, 0.15) is 11.5 Å². The minimum absolute atomic E-state index is 0.0679. The second-order valence-electron chi connectivity index (χ2n) is 4.98. The molecule has 0 bridgehead atoms. The summed E-state index contributed by atoms with van der Waals surface area (Å²) in [4.78, 5) is 11.8. The van der Waals surface area contributed by atoms with Crippen LogP contribution in [0, 0.1) is 0 Å². The molecule has 0 saturated carbocycles. The lowest BCUT2D eigenvalue weighted by molar-refractivity contribution is 0.221. The molecule has 23 heavy (non-hydrogen) atoms. The number of rotatable bonds is 7. The SMILES string of the molecule is CCOc1ccc(OCNC(=O)NC(C)c2ccccc2)cc1. The highest BCUT2D eigenvalue weighted by molar-refractivity contribution is 5.74. The third-order valence-electron chi connectivity index (χ3n) is 3.25. The van der Waals surface area contributed by atoms with Crippen LogP contribution in [0.25, 0.3) is 0 Å². The molecular weight excluding hydrogens is 292 g/mol. The number of ether oxygens (including phenoxy) is 2. The predicted molar refractivity (Wildman–Crippen MR) is 89.6 cm³/mol. The zero-order valence-corrected chi connectivity index (χ0v) is 13.4. The summed E-state index contributed by atoms with van der Waals surface area (Å²) >= 11 is 0. The smallest absolute Gasteiger partial charge is 0.317 e. The molecule has 1 atom stereocenters. The van der Waals surface area contributed by atoms with E-state index in [4.69, 9.17) is 9.47 Å². The molecule has 2 N–H and O–H groups in total. The summed E-state index contributed by atoms with van der Waals surface area (Å²) in [6.07, 6.45) is 0. The fraction of sp³-hybridized carbons (Fsp3) is 0.278. The molecule has 2 aromatic rings. The van der Waals surface area contributed by atoms with E-state index in [9.17, 15) is 4.79 Å². The van der Waals surface area contributed by atoms with Crippen molar-refractivity contribution >= 4 is 6.03 Å². The molecule has 5 heteroatoms. The lowest BCUT2D eigenvalue weighted by Gasteiger charge is -2.15. The predicted octanol–water partition coefficient (Wildman–Crippen LogP) is 3.48. The molecule has 0 aliphatic heterocycles. The Morgan fingerprint density at radius 2 is 1.61 bits per heavy atom. The Morgan fingerprint density at radius 3 is 2.22 bits per heavy atom. The number of hydrogen-bond donors (Lipinski definition) is 2. The first-order valence-corrected chi connectivity index (χ1v) is 7.64. The molecule has 2 aromatic carbocycles. The molecule has 122 valence electrons. The van der Waals surface area contributed by atoms with Gasteiger partial charge < -0.3 is 20.1 Å². The van der Waals surface area contributed by atoms with Gasteiger partial charge in [-0.05, 0) is 43.7 Å². The number of carbonyl (C=O) groups is 1. The summed E-state index contributed by atoms with van der Waals surface area (Å²) in [6.45, 7) is 4.59. The number of hydrogen-bond acceptors (Lipinski definition) is 3. The molecule has 0 aliphatic rings. The quantitative estimate of drug-likeness (QED) is 0.769. The Bertz CT molecular complexity index is 599. The largest absolute Gasteiger partial charge is 0.494 e. The first kappa shape index (κ1) is 16.7. The lowest BCUT2D eigenvalue weighted by Crippen LogP contribution is -2.38. The summed E-state index contributed by atoms with van der Waals surface area (Å²) < 4.78 is 10.8. The molecule has 0 fully saturated rings. The van der Waals surface area contributed by atoms with Crippen LogP contribution in [0.4, 0.5) is 4.79 Å². The molecule has 5 nitrogen and oxygen atoms in total. The van der Waals surface area contributed by atoms with Gasteiger partial charge in [0.25, 0.3) is 0 Å². The lowest BCUT2D eigenvalue weighted by atomic mass is 10.1. The van der Waals surface area contributed by atoms with Crippen LogP contribution in [0.2, 0.25) is 0 Å². The molecular formula is C18H22N2O3. The Labute approximate surface area is 136 Å². The Morgan fingerprint density at radius 1 is 1.00 bits per heavy atom. The zero-order valence-electron chi connectivity index (χ0n) is 13.4. The van der Waals surface area contributed by atoms with E-state index < -0.39 is 0 Å². The van der Waals surface area contributed by atoms with E-state index in [0.29, 0.717) is 12.4 Å². The zero-order chi connectivity index (χ0) is 16.5. The maximum atomic E-state index is 11.8.